The van der Waals surface area contributed by atoms with Gasteiger partial charge in [-0.3, -0.25) is 4.79 Å². The third kappa shape index (κ3) is 4.27. The lowest BCUT2D eigenvalue weighted by molar-refractivity contribution is -0.122. The molecule has 1 aliphatic heterocycles. The normalized spacial score (nSPS) is 18.5. The molecular weight excluding hydrogens is 242 g/mol. The van der Waals surface area contributed by atoms with Gasteiger partial charge in [-0.05, 0) is 24.1 Å². The maximum absolute atomic E-state index is 11.0. The highest BCUT2D eigenvalue weighted by atomic mass is 16.5. The highest BCUT2D eigenvalue weighted by molar-refractivity contribution is 5.76. The monoisotopic (exact) mass is 259 g/mol. The zero-order valence-electron chi connectivity index (χ0n) is 10.7. The molecule has 5 nitrogen and oxygen atoms in total. The largest absolute Gasteiger partial charge is 0.479 e. The van der Waals surface area contributed by atoms with Crippen LogP contribution in [-0.2, 0) is 11.3 Å². The number of ether oxygens (including phenoxy) is 1. The Morgan fingerprint density at radius 1 is 1.53 bits per heavy atom. The minimum absolute atomic E-state index is 0.0611. The molecule has 0 aliphatic carbocycles. The Hall–Kier alpha value is -2.06. The summed E-state index contributed by atoms with van der Waals surface area (Å²) in [4.78, 5) is 11.0. The van der Waals surface area contributed by atoms with Gasteiger partial charge in [0.15, 0.2) is 6.61 Å². The van der Waals surface area contributed by atoms with Crippen LogP contribution in [0.5, 0.6) is 5.75 Å². The number of rotatable bonds is 5. The Kier molecular flexibility index (Phi) is 4.76. The molecule has 1 saturated heterocycles. The van der Waals surface area contributed by atoms with Crippen molar-refractivity contribution >= 4 is 5.91 Å². The Morgan fingerprint density at radius 2 is 2.42 bits per heavy atom. The summed E-state index contributed by atoms with van der Waals surface area (Å²) in [6.07, 6.45) is 1.46. The molecule has 0 radical (unpaired) electrons. The van der Waals surface area contributed by atoms with Crippen molar-refractivity contribution in [3.63, 3.8) is 0 Å². The second kappa shape index (κ2) is 6.76. The van der Waals surface area contributed by atoms with Crippen LogP contribution in [0.4, 0.5) is 0 Å². The maximum Gasteiger partial charge on any atom is 0.220 e. The Morgan fingerprint density at radius 3 is 3.16 bits per heavy atom. The van der Waals surface area contributed by atoms with Crippen molar-refractivity contribution in [1.82, 2.24) is 10.6 Å². The number of nitriles is 1. The lowest BCUT2D eigenvalue weighted by atomic mass is 10.1. The van der Waals surface area contributed by atoms with Crippen LogP contribution in [0.15, 0.2) is 24.3 Å². The van der Waals surface area contributed by atoms with E-state index in [2.05, 4.69) is 10.6 Å². The second-order valence-corrected chi connectivity index (χ2v) is 4.51. The average Bonchev–Trinajstić information content (AvgIpc) is 2.45. The minimum atomic E-state index is 0.0611. The van der Waals surface area contributed by atoms with Gasteiger partial charge < -0.3 is 15.4 Å². The lowest BCUT2D eigenvalue weighted by Gasteiger charge is -2.23. The molecule has 0 saturated carbocycles. The van der Waals surface area contributed by atoms with Crippen molar-refractivity contribution < 1.29 is 9.53 Å². The van der Waals surface area contributed by atoms with Crippen LogP contribution in [0.25, 0.3) is 0 Å². The molecule has 0 aromatic heterocycles. The summed E-state index contributed by atoms with van der Waals surface area (Å²) < 4.78 is 5.26. The predicted molar refractivity (Wildman–Crippen MR) is 70.4 cm³/mol. The van der Waals surface area contributed by atoms with Gasteiger partial charge in [-0.15, -0.1) is 0 Å². The van der Waals surface area contributed by atoms with E-state index in [0.717, 1.165) is 18.5 Å². The van der Waals surface area contributed by atoms with Crippen molar-refractivity contribution in [2.75, 3.05) is 13.2 Å². The van der Waals surface area contributed by atoms with Crippen molar-refractivity contribution in [1.29, 1.82) is 5.26 Å². The van der Waals surface area contributed by atoms with Crippen LogP contribution < -0.4 is 15.4 Å². The number of hydrogen-bond donors (Lipinski definition) is 2. The van der Waals surface area contributed by atoms with E-state index in [9.17, 15) is 4.79 Å². The molecule has 1 fully saturated rings. The third-order valence-corrected chi connectivity index (χ3v) is 3.06. The minimum Gasteiger partial charge on any atom is -0.479 e. The van der Waals surface area contributed by atoms with Gasteiger partial charge in [-0.25, -0.2) is 0 Å². The summed E-state index contributed by atoms with van der Waals surface area (Å²) >= 11 is 0. The van der Waals surface area contributed by atoms with E-state index >= 15 is 0 Å². The quantitative estimate of drug-likeness (QED) is 0.826. The first kappa shape index (κ1) is 13.4. The van der Waals surface area contributed by atoms with Crippen molar-refractivity contribution in [3.8, 4) is 11.8 Å². The first-order valence-electron chi connectivity index (χ1n) is 6.36. The van der Waals surface area contributed by atoms with Crippen molar-refractivity contribution in [2.24, 2.45) is 0 Å². The van der Waals surface area contributed by atoms with Crippen molar-refractivity contribution in [2.45, 2.75) is 25.4 Å². The number of piperidine rings is 1. The molecule has 5 heteroatoms. The molecule has 2 rings (SSSR count). The molecular formula is C14H17N3O2. The van der Waals surface area contributed by atoms with E-state index in [1.165, 1.54) is 0 Å². The second-order valence-electron chi connectivity index (χ2n) is 4.51. The van der Waals surface area contributed by atoms with E-state index in [4.69, 9.17) is 10.00 Å². The van der Waals surface area contributed by atoms with Gasteiger partial charge in [0.05, 0.1) is 0 Å². The van der Waals surface area contributed by atoms with E-state index in [1.54, 1.807) is 0 Å². The van der Waals surface area contributed by atoms with E-state index in [-0.39, 0.29) is 12.5 Å². The lowest BCUT2D eigenvalue weighted by Crippen LogP contribution is -2.45. The van der Waals surface area contributed by atoms with Gasteiger partial charge in [0.1, 0.15) is 11.8 Å². The zero-order chi connectivity index (χ0) is 13.5. The van der Waals surface area contributed by atoms with Crippen LogP contribution in [0.3, 0.4) is 0 Å². The molecule has 1 amide bonds. The Balaban J connectivity index is 1.82. The molecule has 1 heterocycles. The van der Waals surface area contributed by atoms with Crippen LogP contribution in [-0.4, -0.2) is 25.1 Å². The summed E-state index contributed by atoms with van der Waals surface area (Å²) in [6, 6.07) is 9.94. The summed E-state index contributed by atoms with van der Waals surface area (Å²) in [7, 11) is 0. The average molecular weight is 259 g/mol. The van der Waals surface area contributed by atoms with Crippen LogP contribution in [0, 0.1) is 11.3 Å². The fraction of sp³-hybridized carbons (Fsp3) is 0.429. The van der Waals surface area contributed by atoms with Crippen molar-refractivity contribution in [3.05, 3.63) is 29.8 Å². The fourth-order valence-electron chi connectivity index (χ4n) is 2.03. The van der Waals surface area contributed by atoms with E-state index in [1.807, 2.05) is 30.3 Å². The van der Waals surface area contributed by atoms with Crippen LogP contribution in [0.2, 0.25) is 0 Å². The number of nitrogens with one attached hydrogen (secondary N) is 2. The molecule has 0 bridgehead atoms. The third-order valence-electron chi connectivity index (χ3n) is 3.06. The standard InChI is InChI=1S/C14H17N3O2/c15-6-7-19-13-3-1-2-11(8-13)9-16-12-4-5-14(18)17-10-12/h1-3,8,12,16H,4-5,7,9-10H2,(H,17,18). The SMILES string of the molecule is N#CCOc1cccc(CNC2CCC(=O)NC2)c1. The number of nitrogens with zero attached hydrogens (tertiary/aromatic N) is 1. The first-order valence-corrected chi connectivity index (χ1v) is 6.36. The maximum atomic E-state index is 11.0. The zero-order valence-corrected chi connectivity index (χ0v) is 10.7. The molecule has 1 atom stereocenters. The van der Waals surface area contributed by atoms with Gasteiger partial charge in [0, 0.05) is 25.6 Å². The molecule has 2 N–H and O–H groups in total. The summed E-state index contributed by atoms with van der Waals surface area (Å²) in [5, 5.41) is 14.7. The molecule has 19 heavy (non-hydrogen) atoms. The van der Waals surface area contributed by atoms with Gasteiger partial charge in [0.25, 0.3) is 0 Å². The summed E-state index contributed by atoms with van der Waals surface area (Å²) in [5.41, 5.74) is 1.10. The number of amides is 1. The molecule has 1 unspecified atom stereocenters. The molecule has 1 aromatic carbocycles. The topological polar surface area (TPSA) is 74.1 Å². The van der Waals surface area contributed by atoms with Crippen LogP contribution in [0.1, 0.15) is 18.4 Å². The van der Waals surface area contributed by atoms with Gasteiger partial charge in [0.2, 0.25) is 5.91 Å². The predicted octanol–water partition coefficient (Wildman–Crippen LogP) is 0.957. The Bertz CT molecular complexity index is 472. The smallest absolute Gasteiger partial charge is 0.220 e. The molecule has 100 valence electrons. The highest BCUT2D eigenvalue weighted by Gasteiger charge is 2.16. The number of hydrogen-bond acceptors (Lipinski definition) is 4. The number of carbonyl (C=O) groups is 1. The fourth-order valence-corrected chi connectivity index (χ4v) is 2.03. The van der Waals surface area contributed by atoms with Crippen LogP contribution >= 0.6 is 0 Å². The molecule has 1 aliphatic rings. The van der Waals surface area contributed by atoms with Gasteiger partial charge >= 0.3 is 0 Å². The van der Waals surface area contributed by atoms with E-state index in [0.29, 0.717) is 24.8 Å². The van der Waals surface area contributed by atoms with Gasteiger partial charge in [-0.1, -0.05) is 12.1 Å². The first-order chi connectivity index (χ1) is 9.28. The summed E-state index contributed by atoms with van der Waals surface area (Å²) in [6.45, 7) is 1.47. The Labute approximate surface area is 112 Å². The summed E-state index contributed by atoms with van der Waals surface area (Å²) in [5.74, 6) is 0.836. The number of benzene rings is 1. The highest BCUT2D eigenvalue weighted by Crippen LogP contribution is 2.13. The van der Waals surface area contributed by atoms with E-state index < -0.39 is 0 Å². The molecule has 1 aromatic rings. The molecule has 0 spiro atoms. The van der Waals surface area contributed by atoms with Gasteiger partial charge in [-0.2, -0.15) is 5.26 Å². The number of carbonyl (C=O) groups excluding carboxylic acids is 1.